The number of hydrogen-bond donors (Lipinski definition) is 4. The van der Waals surface area contributed by atoms with Crippen molar-refractivity contribution in [1.82, 2.24) is 39.0 Å². The maximum absolute atomic E-state index is 13.7. The molecule has 4 aromatic rings. The number of nitrogens with zero attached hydrogens (tertiary/aromatic N) is 7. The highest BCUT2D eigenvalue weighted by atomic mass is 32.4. The Kier molecular flexibility index (Phi) is 12.1. The van der Waals surface area contributed by atoms with Crippen molar-refractivity contribution in [2.75, 3.05) is 37.6 Å². The van der Waals surface area contributed by atoms with Crippen LogP contribution in [0.25, 0.3) is 22.3 Å². The van der Waals surface area contributed by atoms with Crippen molar-refractivity contribution in [1.29, 1.82) is 0 Å². The summed E-state index contributed by atoms with van der Waals surface area (Å²) in [5, 5.41) is 16.4. The van der Waals surface area contributed by atoms with Gasteiger partial charge in [-0.05, 0) is 0 Å². The maximum Gasteiger partial charge on any atom is 0.474 e. The van der Waals surface area contributed by atoms with Crippen LogP contribution in [0.3, 0.4) is 0 Å². The number of fused-ring (bicyclic) bond motifs is 2. The second-order valence-electron chi connectivity index (χ2n) is 10.6. The Bertz CT molecular complexity index is 1850. The van der Waals surface area contributed by atoms with Gasteiger partial charge >= 0.3 is 7.82 Å². The molecule has 7 unspecified atom stereocenters. The standard InChI is InChI=1S/C22H35N10O9P7/c1-36-10-3-14(32-9-26-17-20(32)27-22(28-21(17)34)30-47(44)45)40-13(10)6-38-48(35,37-2)41-11-4-15(39-12(11)5-33)31-8-25-16-18(29-46(42)43)23-7-24-19(16)31/h7-15,33H,3-6,42-45H2,1-2H3,(H,23,24,29)(H2,27,28,30,34)/t10?,11?,12-,13-,14-,15-,48?/m1/s1. The highest BCUT2D eigenvalue weighted by Gasteiger charge is 2.44. The highest BCUT2D eigenvalue weighted by molar-refractivity contribution is 8.44. The number of aliphatic hydroxyl groups excluding tert-OH is 1. The Morgan fingerprint density at radius 2 is 1.65 bits per heavy atom. The number of methoxy groups -OCH3 is 1. The van der Waals surface area contributed by atoms with E-state index in [1.54, 1.807) is 15.5 Å². The quantitative estimate of drug-likeness (QED) is 0.134. The summed E-state index contributed by atoms with van der Waals surface area (Å²) in [6, 6.07) is 0. The molecule has 0 amide bonds. The molecular formula is C22H35N10O9P7. The van der Waals surface area contributed by atoms with Crippen LogP contribution in [0.15, 0.2) is 23.8 Å². The molecule has 2 aliphatic heterocycles. The molecule has 26 heteroatoms. The Balaban J connectivity index is 1.14. The van der Waals surface area contributed by atoms with Gasteiger partial charge in [-0.1, -0.05) is 35.7 Å². The predicted molar refractivity (Wildman–Crippen MR) is 194 cm³/mol. The first-order valence-electron chi connectivity index (χ1n) is 14.2. The lowest BCUT2D eigenvalue weighted by Crippen LogP contribution is -2.30. The molecule has 6 heterocycles. The van der Waals surface area contributed by atoms with Gasteiger partial charge < -0.3 is 29.5 Å². The number of ether oxygens (including phenoxy) is 3. The topological polar surface area (TPSA) is 224 Å². The minimum atomic E-state index is -4.19. The number of phosphoric ester groups is 1. The van der Waals surface area contributed by atoms with E-state index in [1.807, 2.05) is 0 Å². The van der Waals surface area contributed by atoms with E-state index in [-0.39, 0.29) is 18.5 Å². The van der Waals surface area contributed by atoms with Crippen molar-refractivity contribution >= 4 is 92.5 Å². The summed E-state index contributed by atoms with van der Waals surface area (Å²) < 4.78 is 51.9. The molecule has 0 radical (unpaired) electrons. The number of hydrogen-bond acceptors (Lipinski definition) is 16. The van der Waals surface area contributed by atoms with Crippen molar-refractivity contribution < 1.29 is 37.5 Å². The summed E-state index contributed by atoms with van der Waals surface area (Å²) in [5.74, 6) is 0.867. The number of aliphatic hydroxyl groups is 1. The van der Waals surface area contributed by atoms with E-state index in [9.17, 15) is 14.5 Å². The number of aromatic nitrogens is 8. The molecule has 0 aliphatic carbocycles. The van der Waals surface area contributed by atoms with Gasteiger partial charge in [-0.3, -0.25) is 32.5 Å². The van der Waals surface area contributed by atoms with Crippen molar-refractivity contribution in [2.45, 2.75) is 49.7 Å². The van der Waals surface area contributed by atoms with Crippen molar-refractivity contribution in [2.24, 2.45) is 0 Å². The molecule has 2 fully saturated rings. The summed E-state index contributed by atoms with van der Waals surface area (Å²) >= 11 is 0. The molecule has 4 N–H and O–H groups in total. The van der Waals surface area contributed by atoms with Crippen molar-refractivity contribution in [3.8, 4) is 0 Å². The van der Waals surface area contributed by atoms with E-state index in [1.165, 1.54) is 26.9 Å². The fourth-order valence-corrected chi connectivity index (χ4v) is 8.81. The van der Waals surface area contributed by atoms with Crippen LogP contribution in [0.5, 0.6) is 0 Å². The zero-order valence-electron chi connectivity index (χ0n) is 25.5. The fraction of sp³-hybridized carbons (Fsp3) is 0.545. The zero-order chi connectivity index (χ0) is 34.2. The van der Waals surface area contributed by atoms with Gasteiger partial charge in [0, 0.05) is 42.0 Å². The third-order valence-corrected chi connectivity index (χ3v) is 11.5. The maximum atomic E-state index is 13.7. The zero-order valence-corrected chi connectivity index (χ0v) is 32.8. The molecule has 262 valence electrons. The molecule has 2 saturated heterocycles. The van der Waals surface area contributed by atoms with E-state index in [0.29, 0.717) is 35.0 Å². The number of aromatic amines is 1. The number of imidazole rings is 2. The second kappa shape index (κ2) is 15.7. The molecule has 48 heavy (non-hydrogen) atoms. The monoisotopic (exact) mass is 800 g/mol. The third-order valence-electron chi connectivity index (χ3n) is 7.61. The van der Waals surface area contributed by atoms with Gasteiger partial charge in [0.05, 0.1) is 32.0 Å². The van der Waals surface area contributed by atoms with E-state index in [4.69, 9.17) is 27.8 Å². The minimum absolute atomic E-state index is 0.158. The number of H-pyrrole nitrogens is 1. The van der Waals surface area contributed by atoms with Crippen LogP contribution in [-0.4, -0.2) is 96.0 Å². The summed E-state index contributed by atoms with van der Waals surface area (Å²) in [6.07, 6.45) is 0.898. The van der Waals surface area contributed by atoms with Crippen LogP contribution in [-0.2, 0) is 32.3 Å². The second-order valence-corrected chi connectivity index (χ2v) is 24.6. The summed E-state index contributed by atoms with van der Waals surface area (Å²) in [5.41, 5.74) is 1.16. The Morgan fingerprint density at radius 3 is 2.31 bits per heavy atom. The molecule has 0 saturated carbocycles. The van der Waals surface area contributed by atoms with Crippen LogP contribution in [0, 0.1) is 0 Å². The predicted octanol–water partition coefficient (Wildman–Crippen LogP) is 3.48. The average Bonchev–Trinajstić information content (AvgIpc) is 3.84. The lowest BCUT2D eigenvalue weighted by molar-refractivity contribution is -0.0610. The van der Waals surface area contributed by atoms with Gasteiger partial charge in [-0.2, -0.15) is 4.98 Å². The van der Waals surface area contributed by atoms with Crippen LogP contribution in [0.2, 0.25) is 0 Å². The molecule has 0 aromatic carbocycles. The van der Waals surface area contributed by atoms with E-state index >= 15 is 0 Å². The summed E-state index contributed by atoms with van der Waals surface area (Å²) in [4.78, 5) is 37.1. The third kappa shape index (κ3) is 7.91. The van der Waals surface area contributed by atoms with Crippen LogP contribution in [0.4, 0.5) is 11.8 Å². The van der Waals surface area contributed by atoms with Crippen LogP contribution >= 0.6 is 58.4 Å². The summed E-state index contributed by atoms with van der Waals surface area (Å²) in [6.45, 7) is -0.628. The fourth-order valence-electron chi connectivity index (χ4n) is 5.45. The molecule has 0 bridgehead atoms. The smallest absolute Gasteiger partial charge is 0.394 e. The molecular weight excluding hydrogens is 765 g/mol. The van der Waals surface area contributed by atoms with Gasteiger partial charge in [0.15, 0.2) is 28.1 Å². The van der Waals surface area contributed by atoms with Crippen molar-refractivity contribution in [3.63, 3.8) is 0 Å². The first-order chi connectivity index (χ1) is 23.0. The van der Waals surface area contributed by atoms with E-state index in [0.717, 1.165) is 0 Å². The SMILES string of the molecule is COC1C[C@H](n2cnc3c(=O)[nH]c(NP(P)P)nc32)O[C@@H]1COP(=O)(OC)OC1C[C@H](n2cnc3c(NP(P)P)ncnc32)O[C@@H]1CO. The number of anilines is 2. The van der Waals surface area contributed by atoms with Gasteiger partial charge in [0.2, 0.25) is 5.95 Å². The molecule has 2 aliphatic rings. The van der Waals surface area contributed by atoms with Gasteiger partial charge in [-0.15, -0.1) is 0 Å². The first-order valence-corrected chi connectivity index (χ1v) is 24.8. The molecule has 0 spiro atoms. The Hall–Kier alpha value is -0.970. The van der Waals surface area contributed by atoms with Crippen LogP contribution < -0.4 is 15.7 Å². The molecule has 6 rings (SSSR count). The number of phosphoric acid groups is 1. The minimum Gasteiger partial charge on any atom is -0.394 e. The van der Waals surface area contributed by atoms with Crippen LogP contribution in [0.1, 0.15) is 25.3 Å². The number of rotatable bonds is 14. The van der Waals surface area contributed by atoms with Gasteiger partial charge in [-0.25, -0.2) is 24.5 Å². The van der Waals surface area contributed by atoms with Crippen molar-refractivity contribution in [3.05, 3.63) is 29.3 Å². The van der Waals surface area contributed by atoms with E-state index < -0.39 is 71.8 Å². The molecule has 11 atom stereocenters. The Labute approximate surface area is 285 Å². The normalized spacial score (nSPS) is 25.9. The van der Waals surface area contributed by atoms with E-state index in [2.05, 4.69) is 75.8 Å². The average molecular weight is 800 g/mol. The molecule has 19 nitrogen and oxygen atoms in total. The van der Waals surface area contributed by atoms with Gasteiger partial charge in [0.1, 0.15) is 37.1 Å². The Morgan fingerprint density at radius 1 is 0.979 bits per heavy atom. The summed E-state index contributed by atoms with van der Waals surface area (Å²) in [7, 11) is 7.66. The number of nitrogens with one attached hydrogen (secondary N) is 3. The highest BCUT2D eigenvalue weighted by Crippen LogP contribution is 2.54. The molecule has 4 aromatic heterocycles. The largest absolute Gasteiger partial charge is 0.474 e. The lowest BCUT2D eigenvalue weighted by Gasteiger charge is -2.24. The van der Waals surface area contributed by atoms with Gasteiger partial charge in [0.25, 0.3) is 5.56 Å². The first kappa shape index (κ1) is 36.8. The lowest BCUT2D eigenvalue weighted by atomic mass is 10.2.